The van der Waals surface area contributed by atoms with Gasteiger partial charge in [-0.15, -0.1) is 0 Å². The lowest BCUT2D eigenvalue weighted by molar-refractivity contribution is -0.141. The molecule has 10 heteroatoms. The van der Waals surface area contributed by atoms with Crippen molar-refractivity contribution in [3.63, 3.8) is 0 Å². The Bertz CT molecular complexity index is 581. The van der Waals surface area contributed by atoms with E-state index in [1.165, 1.54) is 20.8 Å². The Morgan fingerprint density at radius 2 is 1.10 bits per heavy atom. The van der Waals surface area contributed by atoms with Crippen molar-refractivity contribution in [2.24, 2.45) is 0 Å². The average molecular weight is 412 g/mol. The zero-order valence-electron chi connectivity index (χ0n) is 17.5. The first-order chi connectivity index (χ1) is 13.5. The molecular formula is C19H29BO9. The second-order valence-corrected chi connectivity index (χ2v) is 6.19. The van der Waals surface area contributed by atoms with Crippen LogP contribution in [0.1, 0.15) is 27.7 Å². The van der Waals surface area contributed by atoms with Crippen molar-refractivity contribution in [1.29, 1.82) is 0 Å². The van der Waals surface area contributed by atoms with Crippen molar-refractivity contribution in [1.82, 2.24) is 0 Å². The van der Waals surface area contributed by atoms with Crippen LogP contribution in [0.2, 0.25) is 0 Å². The summed E-state index contributed by atoms with van der Waals surface area (Å²) < 4.78 is 31.1. The van der Waals surface area contributed by atoms with Gasteiger partial charge in [-0.2, -0.15) is 0 Å². The lowest BCUT2D eigenvalue weighted by atomic mass is 10.2. The molecule has 0 rings (SSSR count). The van der Waals surface area contributed by atoms with Crippen molar-refractivity contribution >= 4 is 25.2 Å². The minimum atomic E-state index is -1.17. The molecule has 0 saturated heterocycles. The number of hydrogen-bond acceptors (Lipinski definition) is 9. The summed E-state index contributed by atoms with van der Waals surface area (Å²) >= 11 is 0. The van der Waals surface area contributed by atoms with Gasteiger partial charge >= 0.3 is 25.2 Å². The van der Waals surface area contributed by atoms with Crippen molar-refractivity contribution in [3.8, 4) is 0 Å². The van der Waals surface area contributed by atoms with E-state index in [1.54, 1.807) is 6.92 Å². The van der Waals surface area contributed by atoms with Crippen LogP contribution < -0.4 is 0 Å². The molecule has 0 aromatic heterocycles. The molecule has 0 N–H and O–H groups in total. The Hall–Kier alpha value is -2.43. The summed E-state index contributed by atoms with van der Waals surface area (Å²) in [5.41, 5.74) is 0.794. The van der Waals surface area contributed by atoms with Gasteiger partial charge in [-0.3, -0.25) is 0 Å². The van der Waals surface area contributed by atoms with Crippen molar-refractivity contribution < 1.29 is 42.6 Å². The first-order valence-electron chi connectivity index (χ1n) is 8.91. The van der Waals surface area contributed by atoms with Crippen LogP contribution in [0.4, 0.5) is 0 Å². The van der Waals surface area contributed by atoms with Crippen LogP contribution in [0.3, 0.4) is 0 Å². The van der Waals surface area contributed by atoms with Crippen LogP contribution in [-0.4, -0.2) is 64.4 Å². The molecule has 0 aliphatic heterocycles. The molecule has 0 amide bonds. The Morgan fingerprint density at radius 1 is 0.724 bits per heavy atom. The largest absolute Gasteiger partial charge is 0.639 e. The average Bonchev–Trinajstić information content (AvgIpc) is 2.65. The molecule has 1 unspecified atom stereocenters. The van der Waals surface area contributed by atoms with Crippen molar-refractivity contribution in [2.75, 3.05) is 33.0 Å². The third-order valence-electron chi connectivity index (χ3n) is 2.98. The van der Waals surface area contributed by atoms with Gasteiger partial charge in [0.15, 0.2) is 0 Å². The van der Waals surface area contributed by atoms with E-state index in [-0.39, 0.29) is 49.8 Å². The quantitative estimate of drug-likeness (QED) is 0.131. The lowest BCUT2D eigenvalue weighted by Gasteiger charge is -2.19. The number of carbonyl (C=O) groups excluding carboxylic acids is 3. The Balaban J connectivity index is 4.48. The van der Waals surface area contributed by atoms with Gasteiger partial charge in [0.05, 0.1) is 19.3 Å². The monoisotopic (exact) mass is 412 g/mol. The minimum Gasteiger partial charge on any atom is -0.460 e. The number of carbonyl (C=O) groups is 3. The molecule has 29 heavy (non-hydrogen) atoms. The highest BCUT2D eigenvalue weighted by atomic mass is 16.7. The standard InChI is InChI=1S/C19H29BO9/c1-13(2)17(21)24-8-10-27-20(28-11-9-25-18(22)14(3)4)29-16(7)12-26-19(23)15(5)6/h16H,1,3,5,8-12H2,2,4,6-7H3. The minimum absolute atomic E-state index is 0.0203. The van der Waals surface area contributed by atoms with Crippen LogP contribution in [-0.2, 0) is 42.6 Å². The van der Waals surface area contributed by atoms with E-state index in [4.69, 9.17) is 28.2 Å². The molecule has 1 atom stereocenters. The van der Waals surface area contributed by atoms with Crippen LogP contribution in [0.15, 0.2) is 36.5 Å². The molecule has 0 aromatic rings. The normalized spacial score (nSPS) is 11.2. The third-order valence-corrected chi connectivity index (χ3v) is 2.98. The fourth-order valence-electron chi connectivity index (χ4n) is 1.48. The SMILES string of the molecule is C=C(C)C(=O)OCCOB(OCCOC(=O)C(=C)C)OC(C)COC(=O)C(=C)C. The molecule has 0 heterocycles. The first-order valence-corrected chi connectivity index (χ1v) is 8.91. The van der Waals surface area contributed by atoms with E-state index < -0.39 is 31.3 Å². The molecule has 0 radical (unpaired) electrons. The summed E-state index contributed by atoms with van der Waals surface area (Å²) in [6.07, 6.45) is -0.570. The molecule has 0 saturated carbocycles. The maximum Gasteiger partial charge on any atom is 0.639 e. The lowest BCUT2D eigenvalue weighted by Crippen LogP contribution is -2.35. The number of rotatable bonds is 15. The summed E-state index contributed by atoms with van der Waals surface area (Å²) in [7, 11) is -1.17. The molecule has 0 aliphatic rings. The molecule has 0 aliphatic carbocycles. The Morgan fingerprint density at radius 3 is 1.48 bits per heavy atom. The molecule has 9 nitrogen and oxygen atoms in total. The fourth-order valence-corrected chi connectivity index (χ4v) is 1.48. The van der Waals surface area contributed by atoms with Gasteiger partial charge in [0.1, 0.15) is 19.8 Å². The molecular weight excluding hydrogens is 383 g/mol. The third kappa shape index (κ3) is 13.4. The van der Waals surface area contributed by atoms with Crippen molar-refractivity contribution in [3.05, 3.63) is 36.5 Å². The number of hydrogen-bond donors (Lipinski definition) is 0. The summed E-state index contributed by atoms with van der Waals surface area (Å²) in [6, 6.07) is 0. The topological polar surface area (TPSA) is 107 Å². The maximum atomic E-state index is 11.4. The highest BCUT2D eigenvalue weighted by Gasteiger charge is 2.25. The zero-order chi connectivity index (χ0) is 22.4. The highest BCUT2D eigenvalue weighted by Crippen LogP contribution is 2.03. The second-order valence-electron chi connectivity index (χ2n) is 6.19. The van der Waals surface area contributed by atoms with Crippen molar-refractivity contribution in [2.45, 2.75) is 33.8 Å². The van der Waals surface area contributed by atoms with E-state index >= 15 is 0 Å². The number of ether oxygens (including phenoxy) is 3. The predicted molar refractivity (Wildman–Crippen MR) is 106 cm³/mol. The van der Waals surface area contributed by atoms with Crippen LogP contribution in [0, 0.1) is 0 Å². The van der Waals surface area contributed by atoms with E-state index in [0.717, 1.165) is 0 Å². The van der Waals surface area contributed by atoms with Crippen LogP contribution >= 0.6 is 0 Å². The van der Waals surface area contributed by atoms with E-state index in [9.17, 15) is 14.4 Å². The first kappa shape index (κ1) is 26.6. The Labute approximate surface area is 171 Å². The summed E-state index contributed by atoms with van der Waals surface area (Å²) in [6.45, 7) is 16.5. The van der Waals surface area contributed by atoms with Crippen LogP contribution in [0.5, 0.6) is 0 Å². The molecule has 0 fully saturated rings. The zero-order valence-corrected chi connectivity index (χ0v) is 17.5. The molecule has 0 bridgehead atoms. The summed E-state index contributed by atoms with van der Waals surface area (Å²) in [5.74, 6) is -1.63. The van der Waals surface area contributed by atoms with E-state index in [1.807, 2.05) is 0 Å². The summed E-state index contributed by atoms with van der Waals surface area (Å²) in [5, 5.41) is 0. The Kier molecular flexibility index (Phi) is 13.3. The van der Waals surface area contributed by atoms with Gasteiger partial charge in [0, 0.05) is 16.7 Å². The van der Waals surface area contributed by atoms with Gasteiger partial charge in [0.25, 0.3) is 0 Å². The van der Waals surface area contributed by atoms with Gasteiger partial charge in [-0.05, 0) is 27.7 Å². The smallest absolute Gasteiger partial charge is 0.460 e. The van der Waals surface area contributed by atoms with Gasteiger partial charge < -0.3 is 28.2 Å². The fraction of sp³-hybridized carbons (Fsp3) is 0.526. The van der Waals surface area contributed by atoms with Gasteiger partial charge in [0.2, 0.25) is 0 Å². The van der Waals surface area contributed by atoms with Crippen LogP contribution in [0.25, 0.3) is 0 Å². The van der Waals surface area contributed by atoms with Gasteiger partial charge in [-0.1, -0.05) is 19.7 Å². The molecule has 0 spiro atoms. The van der Waals surface area contributed by atoms with Gasteiger partial charge in [-0.25, -0.2) is 14.4 Å². The second kappa shape index (κ2) is 14.6. The summed E-state index contributed by atoms with van der Waals surface area (Å²) in [4.78, 5) is 34.1. The molecule has 0 aromatic carbocycles. The van der Waals surface area contributed by atoms with E-state index in [0.29, 0.717) is 0 Å². The van der Waals surface area contributed by atoms with E-state index in [2.05, 4.69) is 19.7 Å². The number of esters is 3. The predicted octanol–water partition coefficient (Wildman–Crippen LogP) is 1.77. The molecule has 162 valence electrons. The highest BCUT2D eigenvalue weighted by molar-refractivity contribution is 6.36. The maximum absolute atomic E-state index is 11.4.